The summed E-state index contributed by atoms with van der Waals surface area (Å²) in [6.07, 6.45) is 4.21. The molecule has 1 amide bonds. The summed E-state index contributed by atoms with van der Waals surface area (Å²) in [5, 5.41) is 6.60. The first-order valence-electron chi connectivity index (χ1n) is 10.0. The fraction of sp³-hybridized carbons (Fsp3) is 0.435. The van der Waals surface area contributed by atoms with Gasteiger partial charge in [0.05, 0.1) is 12.7 Å². The topological polar surface area (TPSA) is 50.4 Å². The molecule has 2 aromatic rings. The number of amides is 1. The van der Waals surface area contributed by atoms with Crippen molar-refractivity contribution in [3.63, 3.8) is 0 Å². The van der Waals surface area contributed by atoms with Gasteiger partial charge >= 0.3 is 0 Å². The first-order chi connectivity index (χ1) is 13.3. The molecule has 2 fully saturated rings. The van der Waals surface area contributed by atoms with Crippen molar-refractivity contribution < 1.29 is 9.53 Å². The second-order valence-electron chi connectivity index (χ2n) is 7.78. The molecule has 0 radical (unpaired) electrons. The molecule has 2 N–H and O–H groups in total. The highest BCUT2D eigenvalue weighted by Crippen LogP contribution is 2.25. The van der Waals surface area contributed by atoms with E-state index < -0.39 is 0 Å². The van der Waals surface area contributed by atoms with Crippen LogP contribution < -0.4 is 10.6 Å². The molecule has 1 atom stereocenters. The molecule has 1 unspecified atom stereocenters. The molecule has 1 saturated carbocycles. The van der Waals surface area contributed by atoms with Gasteiger partial charge < -0.3 is 15.4 Å². The van der Waals surface area contributed by atoms with E-state index in [1.807, 2.05) is 36.4 Å². The van der Waals surface area contributed by atoms with Crippen LogP contribution >= 0.6 is 12.4 Å². The fourth-order valence-corrected chi connectivity index (χ4v) is 3.99. The number of rotatable bonds is 7. The Kier molecular flexibility index (Phi) is 7.49. The lowest BCUT2D eigenvalue weighted by Crippen LogP contribution is -2.47. The van der Waals surface area contributed by atoms with Gasteiger partial charge in [-0.15, -0.1) is 12.4 Å². The van der Waals surface area contributed by atoms with Crippen molar-refractivity contribution in [3.8, 4) is 0 Å². The second-order valence-corrected chi connectivity index (χ2v) is 7.78. The Labute approximate surface area is 173 Å². The molecule has 4 rings (SSSR count). The van der Waals surface area contributed by atoms with E-state index in [0.29, 0.717) is 12.5 Å². The number of hydrogen-bond acceptors (Lipinski definition) is 3. The van der Waals surface area contributed by atoms with Crippen LogP contribution in [-0.4, -0.2) is 31.1 Å². The van der Waals surface area contributed by atoms with Crippen molar-refractivity contribution in [2.45, 2.75) is 44.4 Å². The summed E-state index contributed by atoms with van der Waals surface area (Å²) in [5.74, 6) is 0.696. The van der Waals surface area contributed by atoms with Crippen LogP contribution in [0.3, 0.4) is 0 Å². The van der Waals surface area contributed by atoms with Gasteiger partial charge in [-0.05, 0) is 61.9 Å². The van der Waals surface area contributed by atoms with Crippen LogP contribution in [0.2, 0.25) is 0 Å². The predicted octanol–water partition coefficient (Wildman–Crippen LogP) is 3.74. The molecule has 2 aromatic carbocycles. The van der Waals surface area contributed by atoms with Crippen molar-refractivity contribution in [1.82, 2.24) is 10.6 Å². The van der Waals surface area contributed by atoms with E-state index in [9.17, 15) is 4.79 Å². The normalized spacial score (nSPS) is 23.5. The average Bonchev–Trinajstić information content (AvgIpc) is 3.17. The smallest absolute Gasteiger partial charge is 0.251 e. The van der Waals surface area contributed by atoms with Gasteiger partial charge in [-0.1, -0.05) is 48.5 Å². The third-order valence-electron chi connectivity index (χ3n) is 5.69. The molecule has 1 heterocycles. The number of carbonyl (C=O) groups excluding carboxylic acids is 1. The molecule has 28 heavy (non-hydrogen) atoms. The molecule has 2 aliphatic rings. The Balaban J connectivity index is 0.00000225. The van der Waals surface area contributed by atoms with E-state index in [0.717, 1.165) is 37.9 Å². The number of carbonyl (C=O) groups is 1. The van der Waals surface area contributed by atoms with Crippen LogP contribution in [0.5, 0.6) is 0 Å². The number of hydrogen-bond donors (Lipinski definition) is 2. The quantitative estimate of drug-likeness (QED) is 0.744. The zero-order valence-electron chi connectivity index (χ0n) is 16.1. The second kappa shape index (κ2) is 10.1. The van der Waals surface area contributed by atoms with E-state index in [1.165, 1.54) is 17.5 Å². The van der Waals surface area contributed by atoms with Crippen LogP contribution in [0, 0.1) is 5.92 Å². The highest BCUT2D eigenvalue weighted by atomic mass is 35.5. The summed E-state index contributed by atoms with van der Waals surface area (Å²) in [4.78, 5) is 12.8. The number of nitrogens with one attached hydrogen (secondary N) is 2. The summed E-state index contributed by atoms with van der Waals surface area (Å²) in [5.41, 5.74) is 3.19. The maximum absolute atomic E-state index is 12.8. The minimum atomic E-state index is 0. The SMILES string of the molecule is Cl.O=C(NC1CC(OCc2ccccc2)C1)c1ccccc1CC1CCNC1. The highest BCUT2D eigenvalue weighted by molar-refractivity contribution is 5.96. The lowest BCUT2D eigenvalue weighted by atomic mass is 9.88. The van der Waals surface area contributed by atoms with E-state index in [4.69, 9.17) is 4.74 Å². The van der Waals surface area contributed by atoms with Gasteiger partial charge in [0.1, 0.15) is 0 Å². The molecule has 0 bridgehead atoms. The molecule has 1 aliphatic carbocycles. The molecule has 1 aliphatic heterocycles. The number of benzene rings is 2. The van der Waals surface area contributed by atoms with Crippen LogP contribution in [0.1, 0.15) is 40.7 Å². The summed E-state index contributed by atoms with van der Waals surface area (Å²) in [6.45, 7) is 2.79. The van der Waals surface area contributed by atoms with Crippen molar-refractivity contribution in [1.29, 1.82) is 0 Å². The minimum absolute atomic E-state index is 0. The van der Waals surface area contributed by atoms with Gasteiger partial charge in [0.2, 0.25) is 0 Å². The zero-order valence-corrected chi connectivity index (χ0v) is 16.9. The Morgan fingerprint density at radius 3 is 2.57 bits per heavy atom. The molecular formula is C23H29ClN2O2. The first-order valence-corrected chi connectivity index (χ1v) is 10.0. The highest BCUT2D eigenvalue weighted by Gasteiger charge is 2.31. The molecule has 1 saturated heterocycles. The van der Waals surface area contributed by atoms with Crippen LogP contribution in [0.4, 0.5) is 0 Å². The lowest BCUT2D eigenvalue weighted by molar-refractivity contribution is -0.0251. The third kappa shape index (κ3) is 5.34. The van der Waals surface area contributed by atoms with Gasteiger partial charge in [0.25, 0.3) is 5.91 Å². The van der Waals surface area contributed by atoms with E-state index in [2.05, 4.69) is 28.8 Å². The standard InChI is InChI=1S/C23H28N2O2.ClH/c26-23(22-9-5-4-8-19(22)12-18-10-11-24-15-18)25-20-13-21(14-20)27-16-17-6-2-1-3-7-17;/h1-9,18,20-21,24H,10-16H2,(H,25,26);1H. The van der Waals surface area contributed by atoms with Gasteiger partial charge in [0, 0.05) is 11.6 Å². The van der Waals surface area contributed by atoms with Crippen LogP contribution in [-0.2, 0) is 17.8 Å². The molecular weight excluding hydrogens is 372 g/mol. The Bertz CT molecular complexity index is 756. The Morgan fingerprint density at radius 1 is 1.07 bits per heavy atom. The molecule has 5 heteroatoms. The van der Waals surface area contributed by atoms with Crippen molar-refractivity contribution in [2.24, 2.45) is 5.92 Å². The van der Waals surface area contributed by atoms with Gasteiger partial charge in [-0.25, -0.2) is 0 Å². The molecule has 4 nitrogen and oxygen atoms in total. The number of halogens is 1. The van der Waals surface area contributed by atoms with Crippen LogP contribution in [0.15, 0.2) is 54.6 Å². The number of ether oxygens (including phenoxy) is 1. The van der Waals surface area contributed by atoms with Gasteiger partial charge in [0.15, 0.2) is 0 Å². The lowest BCUT2D eigenvalue weighted by Gasteiger charge is -2.35. The molecule has 0 aromatic heterocycles. The van der Waals surface area contributed by atoms with Crippen LogP contribution in [0.25, 0.3) is 0 Å². The summed E-state index contributed by atoms with van der Waals surface area (Å²) >= 11 is 0. The summed E-state index contributed by atoms with van der Waals surface area (Å²) in [6, 6.07) is 18.5. The first kappa shape index (κ1) is 20.8. The molecule has 150 valence electrons. The summed E-state index contributed by atoms with van der Waals surface area (Å²) in [7, 11) is 0. The minimum Gasteiger partial charge on any atom is -0.373 e. The maximum Gasteiger partial charge on any atom is 0.251 e. The Hall–Kier alpha value is -1.88. The monoisotopic (exact) mass is 400 g/mol. The van der Waals surface area contributed by atoms with E-state index in [-0.39, 0.29) is 30.5 Å². The largest absolute Gasteiger partial charge is 0.373 e. The van der Waals surface area contributed by atoms with Gasteiger partial charge in [-0.2, -0.15) is 0 Å². The van der Waals surface area contributed by atoms with E-state index in [1.54, 1.807) is 0 Å². The van der Waals surface area contributed by atoms with Crippen molar-refractivity contribution in [3.05, 3.63) is 71.3 Å². The zero-order chi connectivity index (χ0) is 18.5. The van der Waals surface area contributed by atoms with Gasteiger partial charge in [-0.3, -0.25) is 4.79 Å². The van der Waals surface area contributed by atoms with E-state index >= 15 is 0 Å². The summed E-state index contributed by atoms with van der Waals surface area (Å²) < 4.78 is 5.94. The maximum atomic E-state index is 12.8. The fourth-order valence-electron chi connectivity index (χ4n) is 3.99. The predicted molar refractivity (Wildman–Crippen MR) is 114 cm³/mol. The third-order valence-corrected chi connectivity index (χ3v) is 5.69. The van der Waals surface area contributed by atoms with Crippen molar-refractivity contribution >= 4 is 18.3 Å². The average molecular weight is 401 g/mol. The van der Waals surface area contributed by atoms with Crippen molar-refractivity contribution in [2.75, 3.05) is 13.1 Å². The Morgan fingerprint density at radius 2 is 1.82 bits per heavy atom. The molecule has 0 spiro atoms.